The first-order valence-corrected chi connectivity index (χ1v) is 5.64. The summed E-state index contributed by atoms with van der Waals surface area (Å²) in [6.45, 7) is 6.92. The Kier molecular flexibility index (Phi) is 5.92. The molecule has 1 aliphatic heterocycles. The largest absolute Gasteiger partial charge is 0.351 e. The molecular formula is C11H22ClN3O2. The minimum absolute atomic E-state index is 0. The molecule has 1 aliphatic rings. The minimum atomic E-state index is -0.176. The summed E-state index contributed by atoms with van der Waals surface area (Å²) in [5.41, 5.74) is 5.11. The summed E-state index contributed by atoms with van der Waals surface area (Å²) in [5.74, 6) is 0.0293. The van der Waals surface area contributed by atoms with E-state index in [1.807, 2.05) is 20.8 Å². The third-order valence-electron chi connectivity index (χ3n) is 2.67. The molecule has 1 rings (SSSR count). The zero-order chi connectivity index (χ0) is 12.3. The number of likely N-dealkylation sites (tertiary alicyclic amines) is 1. The summed E-state index contributed by atoms with van der Waals surface area (Å²) < 4.78 is 0. The first kappa shape index (κ1) is 16.2. The number of halogens is 1. The highest BCUT2D eigenvalue weighted by atomic mass is 35.5. The number of carbonyl (C=O) groups excluding carboxylic acids is 2. The molecule has 1 unspecified atom stereocenters. The van der Waals surface area contributed by atoms with Crippen LogP contribution < -0.4 is 11.1 Å². The second-order valence-corrected chi connectivity index (χ2v) is 5.18. The molecule has 0 aliphatic carbocycles. The topological polar surface area (TPSA) is 75.4 Å². The molecule has 1 heterocycles. The van der Waals surface area contributed by atoms with Crippen molar-refractivity contribution in [1.29, 1.82) is 0 Å². The molecule has 3 N–H and O–H groups in total. The van der Waals surface area contributed by atoms with Crippen LogP contribution in [0.5, 0.6) is 0 Å². The van der Waals surface area contributed by atoms with Crippen LogP contribution in [0.25, 0.3) is 0 Å². The fraction of sp³-hybridized carbons (Fsp3) is 0.818. The van der Waals surface area contributed by atoms with Crippen LogP contribution in [-0.4, -0.2) is 41.4 Å². The Balaban J connectivity index is 0.00000256. The molecule has 2 amide bonds. The lowest BCUT2D eigenvalue weighted by molar-refractivity contribution is -0.131. The van der Waals surface area contributed by atoms with E-state index in [1.54, 1.807) is 4.90 Å². The molecule has 0 radical (unpaired) electrons. The summed E-state index contributed by atoms with van der Waals surface area (Å²) in [6, 6.07) is -0.0641. The average molecular weight is 264 g/mol. The molecule has 0 aromatic carbocycles. The molecular weight excluding hydrogens is 242 g/mol. The standard InChI is InChI=1S/C11H21N3O2.ClH/c1-11(2,3)14-7-8(6-10(14)16)13-9(15)4-5-12;/h8H,4-7,12H2,1-3H3,(H,13,15);1H. The Morgan fingerprint density at radius 3 is 2.53 bits per heavy atom. The second kappa shape index (κ2) is 6.21. The van der Waals surface area contributed by atoms with Gasteiger partial charge in [-0.2, -0.15) is 0 Å². The maximum Gasteiger partial charge on any atom is 0.225 e. The predicted octanol–water partition coefficient (Wildman–Crippen LogP) is 0.273. The van der Waals surface area contributed by atoms with Crippen LogP contribution in [0.1, 0.15) is 33.6 Å². The van der Waals surface area contributed by atoms with Crippen molar-refractivity contribution in [2.75, 3.05) is 13.1 Å². The fourth-order valence-electron chi connectivity index (χ4n) is 1.88. The molecule has 17 heavy (non-hydrogen) atoms. The van der Waals surface area contributed by atoms with Gasteiger partial charge in [0, 0.05) is 31.5 Å². The highest BCUT2D eigenvalue weighted by Gasteiger charge is 2.36. The lowest BCUT2D eigenvalue weighted by Gasteiger charge is -2.32. The van der Waals surface area contributed by atoms with Crippen LogP contribution in [0.3, 0.4) is 0 Å². The smallest absolute Gasteiger partial charge is 0.225 e. The van der Waals surface area contributed by atoms with Crippen LogP contribution in [0.2, 0.25) is 0 Å². The molecule has 0 spiro atoms. The van der Waals surface area contributed by atoms with E-state index >= 15 is 0 Å². The minimum Gasteiger partial charge on any atom is -0.351 e. The van der Waals surface area contributed by atoms with Gasteiger partial charge in [-0.1, -0.05) is 0 Å². The first-order chi connectivity index (χ1) is 7.34. The number of rotatable bonds is 3. The third-order valence-corrected chi connectivity index (χ3v) is 2.67. The molecule has 100 valence electrons. The maximum absolute atomic E-state index is 11.7. The summed E-state index contributed by atoms with van der Waals surface area (Å²) in [7, 11) is 0. The van der Waals surface area contributed by atoms with Crippen molar-refractivity contribution in [2.45, 2.75) is 45.2 Å². The highest BCUT2D eigenvalue weighted by molar-refractivity contribution is 5.85. The maximum atomic E-state index is 11.7. The SMILES string of the molecule is CC(C)(C)N1CC(NC(=O)CCN)CC1=O.Cl. The van der Waals surface area contributed by atoms with Gasteiger partial charge >= 0.3 is 0 Å². The van der Waals surface area contributed by atoms with Crippen LogP contribution in [-0.2, 0) is 9.59 Å². The average Bonchev–Trinajstić information content (AvgIpc) is 2.46. The van der Waals surface area contributed by atoms with Gasteiger partial charge in [0.2, 0.25) is 11.8 Å². The van der Waals surface area contributed by atoms with E-state index in [2.05, 4.69) is 5.32 Å². The monoisotopic (exact) mass is 263 g/mol. The Hall–Kier alpha value is -0.810. The molecule has 5 nitrogen and oxygen atoms in total. The Morgan fingerprint density at radius 2 is 2.12 bits per heavy atom. The summed E-state index contributed by atoms with van der Waals surface area (Å²) in [4.78, 5) is 24.9. The molecule has 1 atom stereocenters. The van der Waals surface area contributed by atoms with Crippen molar-refractivity contribution in [1.82, 2.24) is 10.2 Å². The van der Waals surface area contributed by atoms with E-state index in [0.717, 1.165) is 0 Å². The van der Waals surface area contributed by atoms with Crippen molar-refractivity contribution in [3.63, 3.8) is 0 Å². The van der Waals surface area contributed by atoms with Crippen LogP contribution in [0.15, 0.2) is 0 Å². The molecule has 1 saturated heterocycles. The van der Waals surface area contributed by atoms with Gasteiger partial charge in [-0.15, -0.1) is 12.4 Å². The van der Waals surface area contributed by atoms with Gasteiger partial charge in [0.25, 0.3) is 0 Å². The van der Waals surface area contributed by atoms with Gasteiger partial charge in [0.05, 0.1) is 6.04 Å². The normalized spacial score (nSPS) is 20.1. The lowest BCUT2D eigenvalue weighted by Crippen LogP contribution is -2.44. The van der Waals surface area contributed by atoms with Gasteiger partial charge in [-0.25, -0.2) is 0 Å². The van der Waals surface area contributed by atoms with Crippen LogP contribution in [0, 0.1) is 0 Å². The summed E-state index contributed by atoms with van der Waals surface area (Å²) >= 11 is 0. The van der Waals surface area contributed by atoms with Gasteiger partial charge in [-0.05, 0) is 20.8 Å². The van der Waals surface area contributed by atoms with Crippen molar-refractivity contribution < 1.29 is 9.59 Å². The van der Waals surface area contributed by atoms with E-state index in [0.29, 0.717) is 25.9 Å². The number of hydrogen-bond acceptors (Lipinski definition) is 3. The molecule has 0 saturated carbocycles. The molecule has 0 aromatic heterocycles. The fourth-order valence-corrected chi connectivity index (χ4v) is 1.88. The number of nitrogens with zero attached hydrogens (tertiary/aromatic N) is 1. The zero-order valence-electron chi connectivity index (χ0n) is 10.7. The van der Waals surface area contributed by atoms with E-state index in [4.69, 9.17) is 5.73 Å². The van der Waals surface area contributed by atoms with Crippen molar-refractivity contribution in [2.24, 2.45) is 5.73 Å². The zero-order valence-corrected chi connectivity index (χ0v) is 11.5. The molecule has 1 fully saturated rings. The van der Waals surface area contributed by atoms with Crippen LogP contribution >= 0.6 is 12.4 Å². The Bertz CT molecular complexity index is 289. The number of carbonyl (C=O) groups is 2. The highest BCUT2D eigenvalue weighted by Crippen LogP contribution is 2.21. The van der Waals surface area contributed by atoms with E-state index < -0.39 is 0 Å². The summed E-state index contributed by atoms with van der Waals surface area (Å²) in [6.07, 6.45) is 0.716. The Morgan fingerprint density at radius 1 is 1.53 bits per heavy atom. The Labute approximate surface area is 109 Å². The van der Waals surface area contributed by atoms with Gasteiger partial charge in [0.1, 0.15) is 0 Å². The third kappa shape index (κ3) is 4.52. The van der Waals surface area contributed by atoms with Crippen molar-refractivity contribution in [3.8, 4) is 0 Å². The molecule has 0 aromatic rings. The number of nitrogens with one attached hydrogen (secondary N) is 1. The number of amides is 2. The number of hydrogen-bond donors (Lipinski definition) is 2. The van der Waals surface area contributed by atoms with Crippen molar-refractivity contribution >= 4 is 24.2 Å². The molecule has 0 bridgehead atoms. The molecule has 6 heteroatoms. The quantitative estimate of drug-likeness (QED) is 0.768. The van der Waals surface area contributed by atoms with Crippen molar-refractivity contribution in [3.05, 3.63) is 0 Å². The van der Waals surface area contributed by atoms with Crippen LogP contribution in [0.4, 0.5) is 0 Å². The van der Waals surface area contributed by atoms with Gasteiger partial charge in [-0.3, -0.25) is 9.59 Å². The second-order valence-electron chi connectivity index (χ2n) is 5.18. The first-order valence-electron chi connectivity index (χ1n) is 5.64. The van der Waals surface area contributed by atoms with E-state index in [1.165, 1.54) is 0 Å². The van der Waals surface area contributed by atoms with Gasteiger partial charge in [0.15, 0.2) is 0 Å². The number of nitrogens with two attached hydrogens (primary N) is 1. The lowest BCUT2D eigenvalue weighted by atomic mass is 10.1. The van der Waals surface area contributed by atoms with Gasteiger partial charge < -0.3 is 16.0 Å². The predicted molar refractivity (Wildman–Crippen MR) is 68.9 cm³/mol. The van der Waals surface area contributed by atoms with E-state index in [-0.39, 0.29) is 35.8 Å². The van der Waals surface area contributed by atoms with E-state index in [9.17, 15) is 9.59 Å². The summed E-state index contributed by atoms with van der Waals surface area (Å²) in [5, 5.41) is 2.83.